The first-order chi connectivity index (χ1) is 14.2. The van der Waals surface area contributed by atoms with Gasteiger partial charge in [0, 0.05) is 11.6 Å². The number of aromatic hydroxyl groups is 2. The van der Waals surface area contributed by atoms with Crippen molar-refractivity contribution >= 4 is 10.8 Å². The van der Waals surface area contributed by atoms with Crippen LogP contribution in [-0.4, -0.2) is 74.1 Å². The summed E-state index contributed by atoms with van der Waals surface area (Å²) in [7, 11) is 0. The lowest BCUT2D eigenvalue weighted by molar-refractivity contribution is -0.277. The third-order valence-corrected chi connectivity index (χ3v) is 5.73. The average molecular weight is 422 g/mol. The lowest BCUT2D eigenvalue weighted by Gasteiger charge is -2.39. The highest BCUT2D eigenvalue weighted by Gasteiger charge is 2.45. The van der Waals surface area contributed by atoms with Crippen molar-refractivity contribution in [1.29, 1.82) is 0 Å². The van der Waals surface area contributed by atoms with Crippen LogP contribution in [0, 0.1) is 0 Å². The van der Waals surface area contributed by atoms with Gasteiger partial charge in [0.15, 0.2) is 0 Å². The number of hydrogen-bond donors (Lipinski definition) is 6. The van der Waals surface area contributed by atoms with Crippen LogP contribution in [0.25, 0.3) is 10.8 Å². The fourth-order valence-electron chi connectivity index (χ4n) is 4.32. The maximum Gasteiger partial charge on any atom is 0.229 e. The maximum absolute atomic E-state index is 11.0. The highest BCUT2D eigenvalue weighted by molar-refractivity contribution is 5.96. The predicted octanol–water partition coefficient (Wildman–Crippen LogP) is 0.452. The molecule has 30 heavy (non-hydrogen) atoms. The number of ether oxygens (including phenoxy) is 3. The zero-order valence-electron chi connectivity index (χ0n) is 16.6. The summed E-state index contributed by atoms with van der Waals surface area (Å²) in [4.78, 5) is 0. The number of rotatable bonds is 3. The van der Waals surface area contributed by atoms with Crippen LogP contribution in [0.1, 0.15) is 31.1 Å². The summed E-state index contributed by atoms with van der Waals surface area (Å²) in [6.07, 6.45) is -7.13. The van der Waals surface area contributed by atoms with Gasteiger partial charge in [0.05, 0.1) is 24.2 Å². The Hall–Kier alpha value is -2.14. The van der Waals surface area contributed by atoms with E-state index in [9.17, 15) is 30.6 Å². The predicted molar refractivity (Wildman–Crippen MR) is 104 cm³/mol. The molecule has 2 heterocycles. The number of phenolic OH excluding ortho intramolecular Hbond substituents is 2. The molecule has 0 aliphatic carbocycles. The van der Waals surface area contributed by atoms with Crippen molar-refractivity contribution in [2.24, 2.45) is 0 Å². The van der Waals surface area contributed by atoms with Gasteiger partial charge in [-0.25, -0.2) is 0 Å². The van der Waals surface area contributed by atoms with E-state index in [1.165, 1.54) is 12.1 Å². The second kappa shape index (κ2) is 7.84. The van der Waals surface area contributed by atoms with Crippen LogP contribution in [-0.2, 0) is 15.9 Å². The van der Waals surface area contributed by atoms with Gasteiger partial charge in [-0.2, -0.15) is 0 Å². The van der Waals surface area contributed by atoms with Gasteiger partial charge in [-0.05, 0) is 37.3 Å². The molecule has 4 rings (SSSR count). The van der Waals surface area contributed by atoms with Crippen molar-refractivity contribution in [3.8, 4) is 17.2 Å². The third-order valence-electron chi connectivity index (χ3n) is 5.73. The molecule has 9 nitrogen and oxygen atoms in total. The van der Waals surface area contributed by atoms with Crippen LogP contribution >= 0.6 is 0 Å². The van der Waals surface area contributed by atoms with Gasteiger partial charge in [-0.1, -0.05) is 6.07 Å². The summed E-state index contributed by atoms with van der Waals surface area (Å²) in [5.74, 6) is -0.184. The maximum atomic E-state index is 11.0. The first-order valence-electron chi connectivity index (χ1n) is 9.85. The quantitative estimate of drug-likeness (QED) is 0.415. The molecule has 0 aromatic heterocycles. The molecular weight excluding hydrogens is 396 g/mol. The number of hydrogen-bond acceptors (Lipinski definition) is 9. The number of phenols is 2. The highest BCUT2D eigenvalue weighted by Crippen LogP contribution is 2.46. The Morgan fingerprint density at radius 3 is 2.43 bits per heavy atom. The third kappa shape index (κ3) is 3.47. The van der Waals surface area contributed by atoms with E-state index in [0.717, 1.165) is 5.56 Å². The van der Waals surface area contributed by atoms with Gasteiger partial charge >= 0.3 is 0 Å². The molecule has 7 atom stereocenters. The molecule has 2 aliphatic heterocycles. The number of benzene rings is 2. The fourth-order valence-corrected chi connectivity index (χ4v) is 4.32. The minimum atomic E-state index is -1.62. The second-order valence-corrected chi connectivity index (χ2v) is 7.95. The van der Waals surface area contributed by atoms with Crippen molar-refractivity contribution in [3.63, 3.8) is 0 Å². The minimum Gasteiger partial charge on any atom is -0.508 e. The average Bonchev–Trinajstić information content (AvgIpc) is 2.67. The zero-order valence-corrected chi connectivity index (χ0v) is 16.6. The van der Waals surface area contributed by atoms with Crippen LogP contribution in [0.2, 0.25) is 0 Å². The summed E-state index contributed by atoms with van der Waals surface area (Å²) in [5.41, 5.74) is 1.51. The fraction of sp³-hybridized carbons (Fsp3) is 0.524. The summed E-state index contributed by atoms with van der Waals surface area (Å²) in [6.45, 7) is 3.17. The van der Waals surface area contributed by atoms with Crippen molar-refractivity contribution in [1.82, 2.24) is 0 Å². The first kappa shape index (κ1) is 21.1. The molecule has 2 aliphatic rings. The Labute approximate surface area is 172 Å². The Kier molecular flexibility index (Phi) is 5.52. The van der Waals surface area contributed by atoms with Crippen molar-refractivity contribution in [2.75, 3.05) is 6.61 Å². The molecule has 1 saturated heterocycles. The van der Waals surface area contributed by atoms with Gasteiger partial charge in [-0.3, -0.25) is 0 Å². The Balaban J connectivity index is 1.79. The molecule has 0 spiro atoms. The first-order valence-corrected chi connectivity index (χ1v) is 9.85. The van der Waals surface area contributed by atoms with Gasteiger partial charge in [0.1, 0.15) is 41.7 Å². The molecule has 2 aromatic carbocycles. The molecule has 6 N–H and O–H groups in total. The molecule has 0 bridgehead atoms. The monoisotopic (exact) mass is 422 g/mol. The molecule has 0 saturated carbocycles. The van der Waals surface area contributed by atoms with E-state index >= 15 is 0 Å². The molecule has 164 valence electrons. The number of fused-ring (bicyclic) bond motifs is 2. The standard InChI is InChI=1S/C21H26O9/c1-8-3-10-4-11-5-12(23)6-13(16(11)18(25)15(10)9(2)28-8)29-21-20(27)19(26)17(24)14(7-22)30-21/h4-6,8-9,14,17,19-27H,3,7H2,1-2H3. The van der Waals surface area contributed by atoms with E-state index in [2.05, 4.69) is 0 Å². The molecule has 0 radical (unpaired) electrons. The largest absolute Gasteiger partial charge is 0.508 e. The van der Waals surface area contributed by atoms with E-state index in [4.69, 9.17) is 14.2 Å². The van der Waals surface area contributed by atoms with Crippen molar-refractivity contribution in [3.05, 3.63) is 29.3 Å². The normalized spacial score (nSPS) is 34.0. The highest BCUT2D eigenvalue weighted by atomic mass is 16.7. The van der Waals surface area contributed by atoms with E-state index in [0.29, 0.717) is 17.4 Å². The number of aliphatic hydroxyl groups is 4. The minimum absolute atomic E-state index is 0.0143. The molecule has 9 heteroatoms. The summed E-state index contributed by atoms with van der Waals surface area (Å²) in [5, 5.41) is 61.6. The van der Waals surface area contributed by atoms with E-state index < -0.39 is 37.3 Å². The lowest BCUT2D eigenvalue weighted by atomic mass is 9.90. The smallest absolute Gasteiger partial charge is 0.229 e. The van der Waals surface area contributed by atoms with Crippen LogP contribution in [0.3, 0.4) is 0 Å². The Morgan fingerprint density at radius 2 is 1.73 bits per heavy atom. The summed E-state index contributed by atoms with van der Waals surface area (Å²) >= 11 is 0. The van der Waals surface area contributed by atoms with Crippen molar-refractivity contribution in [2.45, 2.75) is 63.2 Å². The van der Waals surface area contributed by atoms with Crippen LogP contribution in [0.15, 0.2) is 18.2 Å². The van der Waals surface area contributed by atoms with E-state index in [1.54, 1.807) is 0 Å². The topological polar surface area (TPSA) is 149 Å². The molecule has 1 fully saturated rings. The Morgan fingerprint density at radius 1 is 1.00 bits per heavy atom. The summed E-state index contributed by atoms with van der Waals surface area (Å²) in [6, 6.07) is 4.59. The van der Waals surface area contributed by atoms with Gasteiger partial charge < -0.3 is 44.8 Å². The molecular formula is C21H26O9. The van der Waals surface area contributed by atoms with Gasteiger partial charge in [-0.15, -0.1) is 0 Å². The molecule has 0 amide bonds. The SMILES string of the molecule is CC1Cc2cc3cc(O)cc(OC4OC(CO)C(O)C(O)C4O)c3c(O)c2C(C)O1. The van der Waals surface area contributed by atoms with Crippen LogP contribution in [0.4, 0.5) is 0 Å². The van der Waals surface area contributed by atoms with Gasteiger partial charge in [0.2, 0.25) is 6.29 Å². The van der Waals surface area contributed by atoms with E-state index in [1.807, 2.05) is 19.9 Å². The number of aliphatic hydroxyl groups excluding tert-OH is 4. The zero-order chi connectivity index (χ0) is 21.7. The van der Waals surface area contributed by atoms with Gasteiger partial charge in [0.25, 0.3) is 0 Å². The van der Waals surface area contributed by atoms with Crippen LogP contribution in [0.5, 0.6) is 17.2 Å². The van der Waals surface area contributed by atoms with Crippen LogP contribution < -0.4 is 4.74 Å². The Bertz CT molecular complexity index is 944. The van der Waals surface area contributed by atoms with Crippen molar-refractivity contribution < 1.29 is 44.8 Å². The lowest BCUT2D eigenvalue weighted by Crippen LogP contribution is -2.60. The molecule has 2 aromatic rings. The van der Waals surface area contributed by atoms with E-state index in [-0.39, 0.29) is 34.8 Å². The summed E-state index contributed by atoms with van der Waals surface area (Å²) < 4.78 is 16.9. The second-order valence-electron chi connectivity index (χ2n) is 7.95. The molecule has 7 unspecified atom stereocenters.